The third-order valence-corrected chi connectivity index (χ3v) is 7.43. The van der Waals surface area contributed by atoms with Crippen molar-refractivity contribution in [3.63, 3.8) is 0 Å². The summed E-state index contributed by atoms with van der Waals surface area (Å²) in [4.78, 5) is 12.6. The molecule has 198 valence electrons. The van der Waals surface area contributed by atoms with Crippen LogP contribution in [-0.2, 0) is 10.0 Å². The number of ether oxygens (including phenoxy) is 1. The van der Waals surface area contributed by atoms with Crippen LogP contribution in [0.25, 0.3) is 33.9 Å². The molecule has 0 aliphatic carbocycles. The largest absolute Gasteiger partial charge is 0.497 e. The fraction of sp³-hybridized carbons (Fsp3) is 0.103. The number of rotatable bonds is 10. The molecule has 0 atom stereocenters. The number of hydrogen-bond acceptors (Lipinski definition) is 6. The summed E-state index contributed by atoms with van der Waals surface area (Å²) in [5.41, 5.74) is 4.25. The highest BCUT2D eigenvalue weighted by atomic mass is 32.2. The number of aromatic amines is 1. The molecule has 0 fully saturated rings. The summed E-state index contributed by atoms with van der Waals surface area (Å²) in [6.45, 7) is 0.355. The summed E-state index contributed by atoms with van der Waals surface area (Å²) in [5.74, 6) is 1.39. The van der Waals surface area contributed by atoms with Crippen LogP contribution < -0.4 is 14.8 Å². The van der Waals surface area contributed by atoms with E-state index in [0.29, 0.717) is 5.82 Å². The van der Waals surface area contributed by atoms with Crippen molar-refractivity contribution in [3.8, 4) is 39.7 Å². The second-order valence-corrected chi connectivity index (χ2v) is 10.4. The minimum absolute atomic E-state index is 0.0853. The Balaban J connectivity index is 1.37. The number of pyridine rings is 1. The lowest BCUT2D eigenvalue weighted by Crippen LogP contribution is -2.29. The zero-order valence-corrected chi connectivity index (χ0v) is 21.9. The van der Waals surface area contributed by atoms with Crippen molar-refractivity contribution in [2.24, 2.45) is 0 Å². The number of aromatic nitrogens is 3. The molecule has 5 aromatic rings. The Morgan fingerprint density at radius 2 is 1.67 bits per heavy atom. The van der Waals surface area contributed by atoms with Gasteiger partial charge in [0.15, 0.2) is 0 Å². The third kappa shape index (κ3) is 6.14. The predicted molar refractivity (Wildman–Crippen MR) is 149 cm³/mol. The fourth-order valence-corrected chi connectivity index (χ4v) is 5.13. The lowest BCUT2D eigenvalue weighted by atomic mass is 10.1. The Hall–Kier alpha value is -4.54. The average Bonchev–Trinajstić information content (AvgIpc) is 3.42. The van der Waals surface area contributed by atoms with E-state index < -0.39 is 15.8 Å². The molecule has 0 amide bonds. The molecule has 39 heavy (non-hydrogen) atoms. The highest BCUT2D eigenvalue weighted by molar-refractivity contribution is 7.89. The summed E-state index contributed by atoms with van der Waals surface area (Å²) < 4.78 is 46.2. The van der Waals surface area contributed by atoms with Crippen molar-refractivity contribution in [1.29, 1.82) is 0 Å². The van der Waals surface area contributed by atoms with Gasteiger partial charge in [0, 0.05) is 36.0 Å². The third-order valence-electron chi connectivity index (χ3n) is 5.97. The number of halogens is 1. The van der Waals surface area contributed by atoms with E-state index in [2.05, 4.69) is 20.0 Å². The van der Waals surface area contributed by atoms with Crippen LogP contribution in [0.5, 0.6) is 5.75 Å². The molecule has 0 saturated heterocycles. The molecule has 0 bridgehead atoms. The second-order valence-electron chi connectivity index (χ2n) is 8.62. The predicted octanol–water partition coefficient (Wildman–Crippen LogP) is 5.34. The quantitative estimate of drug-likeness (QED) is 0.205. The molecule has 0 unspecified atom stereocenters. The van der Waals surface area contributed by atoms with Gasteiger partial charge >= 0.3 is 0 Å². The first-order valence-electron chi connectivity index (χ1n) is 12.2. The van der Waals surface area contributed by atoms with Crippen LogP contribution in [0, 0.1) is 5.82 Å². The lowest BCUT2D eigenvalue weighted by Gasteiger charge is -2.10. The van der Waals surface area contributed by atoms with Gasteiger partial charge in [-0.25, -0.2) is 27.5 Å². The molecule has 5 rings (SSSR count). The molecule has 8 nitrogen and oxygen atoms in total. The topological polar surface area (TPSA) is 109 Å². The Morgan fingerprint density at radius 3 is 2.46 bits per heavy atom. The number of methoxy groups -OCH3 is 1. The molecule has 3 N–H and O–H groups in total. The summed E-state index contributed by atoms with van der Waals surface area (Å²) in [6, 6.07) is 26.2. The number of sulfonamides is 1. The van der Waals surface area contributed by atoms with Gasteiger partial charge in [0.1, 0.15) is 23.2 Å². The Bertz CT molecular complexity index is 1690. The zero-order valence-electron chi connectivity index (χ0n) is 21.1. The molecular weight excluding hydrogens is 517 g/mol. The number of hydrogen-bond donors (Lipinski definition) is 3. The molecule has 3 aromatic carbocycles. The van der Waals surface area contributed by atoms with E-state index in [1.165, 1.54) is 18.2 Å². The van der Waals surface area contributed by atoms with E-state index in [0.717, 1.165) is 45.7 Å². The van der Waals surface area contributed by atoms with Gasteiger partial charge in [-0.2, -0.15) is 0 Å². The van der Waals surface area contributed by atoms with Crippen LogP contribution in [0.3, 0.4) is 0 Å². The molecule has 0 saturated carbocycles. The minimum atomic E-state index is -3.83. The van der Waals surface area contributed by atoms with Crippen LogP contribution in [0.2, 0.25) is 0 Å². The van der Waals surface area contributed by atoms with E-state index in [1.54, 1.807) is 13.3 Å². The molecule has 2 aromatic heterocycles. The van der Waals surface area contributed by atoms with Crippen molar-refractivity contribution in [1.82, 2.24) is 19.7 Å². The Kier molecular flexibility index (Phi) is 7.67. The van der Waals surface area contributed by atoms with Crippen LogP contribution >= 0.6 is 0 Å². The van der Waals surface area contributed by atoms with E-state index >= 15 is 0 Å². The van der Waals surface area contributed by atoms with Crippen LogP contribution in [0.15, 0.2) is 102 Å². The molecule has 0 radical (unpaired) electrons. The first-order valence-corrected chi connectivity index (χ1v) is 13.7. The van der Waals surface area contributed by atoms with Crippen molar-refractivity contribution >= 4 is 15.8 Å². The van der Waals surface area contributed by atoms with E-state index in [4.69, 9.17) is 9.72 Å². The van der Waals surface area contributed by atoms with E-state index in [9.17, 15) is 12.8 Å². The molecule has 2 heterocycles. The average molecular weight is 544 g/mol. The Morgan fingerprint density at radius 1 is 0.872 bits per heavy atom. The smallest absolute Gasteiger partial charge is 0.240 e. The first kappa shape index (κ1) is 26.1. The van der Waals surface area contributed by atoms with Gasteiger partial charge in [-0.15, -0.1) is 0 Å². The van der Waals surface area contributed by atoms with Gasteiger partial charge in [-0.05, 0) is 42.5 Å². The van der Waals surface area contributed by atoms with Crippen molar-refractivity contribution in [2.75, 3.05) is 25.5 Å². The lowest BCUT2D eigenvalue weighted by molar-refractivity contribution is 0.415. The number of nitrogens with zero attached hydrogens (tertiary/aromatic N) is 2. The standard InChI is InChI=1S/C29H26FN5O3S/c1-38-24-11-5-9-21(17-24)27-28(35-29(34-27)20-7-3-2-4-8-20)22-13-14-31-26(18-22)32-15-16-33-39(36,37)25-12-6-10-23(30)19-25/h2-14,17-19,33H,15-16H2,1H3,(H,31,32)(H,34,35). The SMILES string of the molecule is COc1cccc(-c2nc(-c3ccccc3)[nH]c2-c2ccnc(NCCNS(=O)(=O)c3cccc(F)c3)c2)c1. The number of H-pyrrole nitrogens is 1. The maximum atomic E-state index is 13.4. The van der Waals surface area contributed by atoms with Crippen LogP contribution in [0.4, 0.5) is 10.2 Å². The normalized spacial score (nSPS) is 11.3. The van der Waals surface area contributed by atoms with E-state index in [-0.39, 0.29) is 18.0 Å². The van der Waals surface area contributed by atoms with Crippen LogP contribution in [-0.4, -0.2) is 43.6 Å². The van der Waals surface area contributed by atoms with Gasteiger partial charge in [0.25, 0.3) is 0 Å². The summed E-state index contributed by atoms with van der Waals surface area (Å²) in [5, 5.41) is 3.14. The second kappa shape index (κ2) is 11.5. The van der Waals surface area contributed by atoms with Gasteiger partial charge in [0.05, 0.1) is 23.4 Å². The molecule has 0 spiro atoms. The molecular formula is C29H26FN5O3S. The van der Waals surface area contributed by atoms with Gasteiger partial charge in [-0.3, -0.25) is 0 Å². The summed E-state index contributed by atoms with van der Waals surface area (Å²) in [6.07, 6.45) is 1.67. The van der Waals surface area contributed by atoms with Crippen molar-refractivity contribution < 1.29 is 17.5 Å². The highest BCUT2D eigenvalue weighted by Gasteiger charge is 2.17. The van der Waals surface area contributed by atoms with Crippen molar-refractivity contribution in [3.05, 3.63) is 103 Å². The summed E-state index contributed by atoms with van der Waals surface area (Å²) >= 11 is 0. The monoisotopic (exact) mass is 543 g/mol. The maximum Gasteiger partial charge on any atom is 0.240 e. The molecule has 0 aliphatic rings. The first-order chi connectivity index (χ1) is 18.9. The number of imidazole rings is 1. The fourth-order valence-electron chi connectivity index (χ4n) is 4.07. The maximum absolute atomic E-state index is 13.4. The number of anilines is 1. The van der Waals surface area contributed by atoms with Gasteiger partial charge in [-0.1, -0.05) is 48.5 Å². The zero-order chi connectivity index (χ0) is 27.2. The number of benzene rings is 3. The summed E-state index contributed by atoms with van der Waals surface area (Å²) in [7, 11) is -2.20. The Labute approximate surface area is 226 Å². The van der Waals surface area contributed by atoms with Crippen molar-refractivity contribution in [2.45, 2.75) is 4.90 Å². The number of nitrogens with one attached hydrogen (secondary N) is 3. The van der Waals surface area contributed by atoms with E-state index in [1.807, 2.05) is 66.7 Å². The van der Waals surface area contributed by atoms with Crippen LogP contribution in [0.1, 0.15) is 0 Å². The molecule has 0 aliphatic heterocycles. The minimum Gasteiger partial charge on any atom is -0.497 e. The highest BCUT2D eigenvalue weighted by Crippen LogP contribution is 2.34. The van der Waals surface area contributed by atoms with Gasteiger partial charge in [0.2, 0.25) is 10.0 Å². The van der Waals surface area contributed by atoms with Gasteiger partial charge < -0.3 is 15.0 Å². The molecule has 10 heteroatoms.